The van der Waals surface area contributed by atoms with Crippen molar-refractivity contribution in [2.45, 2.75) is 6.43 Å². The number of nitrogens with one attached hydrogen (secondary N) is 1. The summed E-state index contributed by atoms with van der Waals surface area (Å²) >= 11 is 0. The molecular formula is C14H15F2NO4. The Kier molecular flexibility index (Phi) is 7.03. The summed E-state index contributed by atoms with van der Waals surface area (Å²) < 4.78 is 28.2. The summed E-state index contributed by atoms with van der Waals surface area (Å²) in [7, 11) is 0. The monoisotopic (exact) mass is 299 g/mol. The Balaban J connectivity index is 2.39. The minimum absolute atomic E-state index is 0.00944. The molecule has 0 unspecified atom stereocenters. The third-order valence-electron chi connectivity index (χ3n) is 2.37. The van der Waals surface area contributed by atoms with Crippen LogP contribution in [0.25, 0.3) is 6.08 Å². The van der Waals surface area contributed by atoms with Crippen LogP contribution in [-0.4, -0.2) is 43.2 Å². The summed E-state index contributed by atoms with van der Waals surface area (Å²) in [5.41, 5.74) is 1.03. The molecule has 0 saturated carbocycles. The van der Waals surface area contributed by atoms with E-state index in [0.29, 0.717) is 11.1 Å². The number of carboxylic acid groups (broad SMARTS) is 1. The van der Waals surface area contributed by atoms with Crippen LogP contribution in [0.5, 0.6) is 0 Å². The number of rotatable bonds is 8. The van der Waals surface area contributed by atoms with Gasteiger partial charge in [0.2, 0.25) is 0 Å². The summed E-state index contributed by atoms with van der Waals surface area (Å²) in [6, 6.07) is 6.27. The number of alkyl halides is 2. The Morgan fingerprint density at radius 3 is 2.52 bits per heavy atom. The average molecular weight is 299 g/mol. The first-order valence-electron chi connectivity index (χ1n) is 6.14. The largest absolute Gasteiger partial charge is 0.478 e. The lowest BCUT2D eigenvalue weighted by Gasteiger charge is -2.06. The summed E-state index contributed by atoms with van der Waals surface area (Å²) in [6.45, 7) is -0.512. The smallest absolute Gasteiger partial charge is 0.328 e. The molecule has 0 saturated heterocycles. The van der Waals surface area contributed by atoms with Crippen molar-refractivity contribution in [3.8, 4) is 0 Å². The lowest BCUT2D eigenvalue weighted by Crippen LogP contribution is -2.27. The van der Waals surface area contributed by atoms with E-state index in [1.165, 1.54) is 18.2 Å². The van der Waals surface area contributed by atoms with Crippen LogP contribution in [0.1, 0.15) is 15.9 Å². The second kappa shape index (κ2) is 8.80. The molecular weight excluding hydrogens is 284 g/mol. The summed E-state index contributed by atoms with van der Waals surface area (Å²) in [4.78, 5) is 22.0. The SMILES string of the molecule is O=C(O)/C=C/c1ccc(C(=O)NCCOCC(F)F)cc1. The van der Waals surface area contributed by atoms with E-state index in [0.717, 1.165) is 6.08 Å². The molecule has 0 radical (unpaired) electrons. The van der Waals surface area contributed by atoms with Gasteiger partial charge in [0.05, 0.1) is 6.61 Å². The maximum Gasteiger partial charge on any atom is 0.328 e. The number of amides is 1. The van der Waals surface area contributed by atoms with E-state index in [-0.39, 0.29) is 19.1 Å². The molecule has 0 aliphatic rings. The first-order chi connectivity index (χ1) is 9.99. The van der Waals surface area contributed by atoms with Gasteiger partial charge in [-0.1, -0.05) is 12.1 Å². The Hall–Kier alpha value is -2.28. The van der Waals surface area contributed by atoms with Crippen molar-refractivity contribution in [1.29, 1.82) is 0 Å². The number of benzene rings is 1. The summed E-state index contributed by atoms with van der Waals surface area (Å²) in [5, 5.41) is 11.0. The molecule has 0 aromatic heterocycles. The standard InChI is InChI=1S/C14H15F2NO4/c15-12(16)9-21-8-7-17-14(20)11-4-1-10(2-5-11)3-6-13(18)19/h1-6,12H,7-9H2,(H,17,20)(H,18,19)/b6-3+. The van der Waals surface area contributed by atoms with Crippen molar-refractivity contribution in [3.05, 3.63) is 41.5 Å². The van der Waals surface area contributed by atoms with Crippen LogP contribution in [0.2, 0.25) is 0 Å². The predicted molar refractivity (Wildman–Crippen MR) is 72.3 cm³/mol. The molecule has 1 aromatic carbocycles. The van der Waals surface area contributed by atoms with Crippen molar-refractivity contribution in [2.75, 3.05) is 19.8 Å². The summed E-state index contributed by atoms with van der Waals surface area (Å²) in [5.74, 6) is -1.41. The number of carbonyl (C=O) groups excluding carboxylic acids is 1. The van der Waals surface area contributed by atoms with E-state index < -0.39 is 19.0 Å². The molecule has 0 atom stereocenters. The molecule has 5 nitrogen and oxygen atoms in total. The molecule has 114 valence electrons. The molecule has 0 aliphatic carbocycles. The van der Waals surface area contributed by atoms with Crippen LogP contribution in [0, 0.1) is 0 Å². The molecule has 0 aliphatic heterocycles. The van der Waals surface area contributed by atoms with E-state index in [1.54, 1.807) is 12.1 Å². The van der Waals surface area contributed by atoms with E-state index in [9.17, 15) is 18.4 Å². The maximum absolute atomic E-state index is 11.8. The van der Waals surface area contributed by atoms with Gasteiger partial charge >= 0.3 is 5.97 Å². The first kappa shape index (κ1) is 16.8. The second-order valence-electron chi connectivity index (χ2n) is 4.02. The molecule has 21 heavy (non-hydrogen) atoms. The minimum Gasteiger partial charge on any atom is -0.478 e. The number of hydrogen-bond donors (Lipinski definition) is 2. The molecule has 2 N–H and O–H groups in total. The van der Waals surface area contributed by atoms with Crippen LogP contribution in [0.3, 0.4) is 0 Å². The van der Waals surface area contributed by atoms with Gasteiger partial charge in [-0.2, -0.15) is 0 Å². The highest BCUT2D eigenvalue weighted by Gasteiger charge is 2.05. The van der Waals surface area contributed by atoms with Gasteiger partial charge in [-0.15, -0.1) is 0 Å². The molecule has 7 heteroatoms. The molecule has 0 spiro atoms. The zero-order chi connectivity index (χ0) is 15.7. The Labute approximate surface area is 120 Å². The fourth-order valence-electron chi connectivity index (χ4n) is 1.42. The predicted octanol–water partition coefficient (Wildman–Crippen LogP) is 1.80. The number of halogens is 2. The van der Waals surface area contributed by atoms with Crippen molar-refractivity contribution < 1.29 is 28.2 Å². The van der Waals surface area contributed by atoms with E-state index in [1.807, 2.05) is 0 Å². The molecule has 0 fully saturated rings. The van der Waals surface area contributed by atoms with Crippen molar-refractivity contribution >= 4 is 18.0 Å². The van der Waals surface area contributed by atoms with Crippen LogP contribution in [0.15, 0.2) is 30.3 Å². The van der Waals surface area contributed by atoms with Gasteiger partial charge in [-0.05, 0) is 23.8 Å². The fourth-order valence-corrected chi connectivity index (χ4v) is 1.42. The molecule has 1 aromatic rings. The lowest BCUT2D eigenvalue weighted by atomic mass is 10.1. The number of ether oxygens (including phenoxy) is 1. The molecule has 0 bridgehead atoms. The zero-order valence-corrected chi connectivity index (χ0v) is 11.1. The fraction of sp³-hybridized carbons (Fsp3) is 0.286. The van der Waals surface area contributed by atoms with Gasteiger partial charge < -0.3 is 15.2 Å². The topological polar surface area (TPSA) is 75.6 Å². The van der Waals surface area contributed by atoms with Gasteiger partial charge in [0, 0.05) is 18.2 Å². The Bertz CT molecular complexity index is 500. The average Bonchev–Trinajstić information content (AvgIpc) is 2.44. The van der Waals surface area contributed by atoms with E-state index in [4.69, 9.17) is 5.11 Å². The number of aliphatic carboxylic acids is 1. The highest BCUT2D eigenvalue weighted by Crippen LogP contribution is 2.06. The number of carboxylic acids is 1. The van der Waals surface area contributed by atoms with Gasteiger partial charge in [0.25, 0.3) is 12.3 Å². The van der Waals surface area contributed by atoms with Gasteiger partial charge in [0.15, 0.2) is 0 Å². The van der Waals surface area contributed by atoms with E-state index in [2.05, 4.69) is 10.1 Å². The van der Waals surface area contributed by atoms with Crippen molar-refractivity contribution in [3.63, 3.8) is 0 Å². The third kappa shape index (κ3) is 7.17. The summed E-state index contributed by atoms with van der Waals surface area (Å²) in [6.07, 6.45) is -0.121. The third-order valence-corrected chi connectivity index (χ3v) is 2.37. The van der Waals surface area contributed by atoms with Crippen LogP contribution >= 0.6 is 0 Å². The van der Waals surface area contributed by atoms with Crippen molar-refractivity contribution in [1.82, 2.24) is 5.32 Å². The quantitative estimate of drug-likeness (QED) is 0.567. The van der Waals surface area contributed by atoms with Crippen molar-refractivity contribution in [2.24, 2.45) is 0 Å². The Morgan fingerprint density at radius 2 is 1.95 bits per heavy atom. The van der Waals surface area contributed by atoms with Crippen LogP contribution in [-0.2, 0) is 9.53 Å². The maximum atomic E-state index is 11.8. The lowest BCUT2D eigenvalue weighted by molar-refractivity contribution is -0.131. The zero-order valence-electron chi connectivity index (χ0n) is 11.1. The van der Waals surface area contributed by atoms with Gasteiger partial charge in [0.1, 0.15) is 6.61 Å². The highest BCUT2D eigenvalue weighted by atomic mass is 19.3. The normalized spacial score (nSPS) is 11.0. The van der Waals surface area contributed by atoms with E-state index >= 15 is 0 Å². The number of carbonyl (C=O) groups is 2. The van der Waals surface area contributed by atoms with Crippen LogP contribution < -0.4 is 5.32 Å². The molecule has 1 amide bonds. The van der Waals surface area contributed by atoms with Gasteiger partial charge in [-0.3, -0.25) is 4.79 Å². The number of hydrogen-bond acceptors (Lipinski definition) is 3. The second-order valence-corrected chi connectivity index (χ2v) is 4.02. The molecule has 0 heterocycles. The van der Waals surface area contributed by atoms with Crippen LogP contribution in [0.4, 0.5) is 8.78 Å². The highest BCUT2D eigenvalue weighted by molar-refractivity contribution is 5.94. The molecule has 1 rings (SSSR count). The minimum atomic E-state index is -2.52. The van der Waals surface area contributed by atoms with Gasteiger partial charge in [-0.25, -0.2) is 13.6 Å². The Morgan fingerprint density at radius 1 is 1.29 bits per heavy atom. The first-order valence-corrected chi connectivity index (χ1v) is 6.14.